The van der Waals surface area contributed by atoms with E-state index < -0.39 is 11.7 Å². The molecule has 0 spiro atoms. The number of halogens is 1. The minimum atomic E-state index is -0.653. The smallest absolute Gasteiger partial charge is 0.270 e. The molecule has 0 aliphatic rings. The SMILES string of the molecule is C#CCNC(=O)/C(C#N)=c1\s/c(=C/Nc2cccc(N(C)C(=O)CN(C)c3ccccc3F)c2)c(=O)n1CC. The van der Waals surface area contributed by atoms with E-state index in [2.05, 4.69) is 16.6 Å². The van der Waals surface area contributed by atoms with Crippen LogP contribution in [0.4, 0.5) is 21.5 Å². The molecule has 2 aromatic carbocycles. The first-order valence-corrected chi connectivity index (χ1v) is 12.7. The minimum Gasteiger partial charge on any atom is -0.363 e. The maximum absolute atomic E-state index is 14.1. The third-order valence-corrected chi connectivity index (χ3v) is 6.87. The van der Waals surface area contributed by atoms with Crippen LogP contribution in [0.1, 0.15) is 6.92 Å². The number of aromatic nitrogens is 1. The molecule has 0 aliphatic heterocycles. The summed E-state index contributed by atoms with van der Waals surface area (Å²) in [6, 6.07) is 15.1. The molecule has 2 amide bonds. The molecular formula is C28H27FN6O3S. The van der Waals surface area contributed by atoms with Crippen LogP contribution in [0.15, 0.2) is 53.3 Å². The van der Waals surface area contributed by atoms with Crippen LogP contribution in [0, 0.1) is 29.5 Å². The predicted molar refractivity (Wildman–Crippen MR) is 152 cm³/mol. The van der Waals surface area contributed by atoms with Crippen molar-refractivity contribution in [3.05, 3.63) is 73.9 Å². The lowest BCUT2D eigenvalue weighted by Gasteiger charge is -2.24. The van der Waals surface area contributed by atoms with E-state index in [0.29, 0.717) is 17.1 Å². The molecule has 0 saturated heterocycles. The van der Waals surface area contributed by atoms with Gasteiger partial charge in [0.15, 0.2) is 5.57 Å². The molecule has 1 aromatic heterocycles. The van der Waals surface area contributed by atoms with Crippen LogP contribution in [0.25, 0.3) is 11.8 Å². The van der Waals surface area contributed by atoms with Crippen molar-refractivity contribution in [1.29, 1.82) is 5.26 Å². The highest BCUT2D eigenvalue weighted by molar-refractivity contribution is 7.07. The fourth-order valence-electron chi connectivity index (χ4n) is 3.66. The summed E-state index contributed by atoms with van der Waals surface area (Å²) in [5, 5.41) is 15.0. The third-order valence-electron chi connectivity index (χ3n) is 5.74. The topological polar surface area (TPSA) is 110 Å². The Morgan fingerprint density at radius 1 is 1.21 bits per heavy atom. The zero-order valence-corrected chi connectivity index (χ0v) is 22.5. The standard InChI is InChI=1S/C28H27FN6O3S/c1-5-14-31-26(37)21(16-30)28-35(6-2)27(38)24(39-28)17-32-19-10-9-11-20(15-19)34(4)25(36)18-33(3)23-13-8-7-12-22(23)29/h1,7-13,15,17,32H,6,14,18H2,2-4H3,(H,31,37)/b24-17+,28-21-. The Kier molecular flexibility index (Phi) is 9.63. The number of anilines is 3. The summed E-state index contributed by atoms with van der Waals surface area (Å²) in [5.74, 6) is 0.955. The van der Waals surface area contributed by atoms with Gasteiger partial charge in [0.2, 0.25) is 5.91 Å². The number of para-hydroxylation sites is 1. The summed E-state index contributed by atoms with van der Waals surface area (Å²) in [6.07, 6.45) is 6.66. The van der Waals surface area contributed by atoms with Gasteiger partial charge in [-0.25, -0.2) is 4.39 Å². The van der Waals surface area contributed by atoms with E-state index in [4.69, 9.17) is 6.42 Å². The molecule has 3 aromatic rings. The van der Waals surface area contributed by atoms with Gasteiger partial charge in [0.25, 0.3) is 11.5 Å². The Labute approximate surface area is 229 Å². The van der Waals surface area contributed by atoms with Gasteiger partial charge in [-0.15, -0.1) is 17.8 Å². The summed E-state index contributed by atoms with van der Waals surface area (Å²) < 4.78 is 15.9. The molecule has 0 radical (unpaired) electrons. The van der Waals surface area contributed by atoms with Gasteiger partial charge in [-0.2, -0.15) is 5.26 Å². The lowest BCUT2D eigenvalue weighted by Crippen LogP contribution is -2.37. The summed E-state index contributed by atoms with van der Waals surface area (Å²) in [4.78, 5) is 41.2. The number of nitriles is 1. The molecule has 9 nitrogen and oxygen atoms in total. The molecular weight excluding hydrogens is 519 g/mol. The van der Waals surface area contributed by atoms with Gasteiger partial charge < -0.3 is 20.4 Å². The number of benzene rings is 2. The van der Waals surface area contributed by atoms with E-state index in [9.17, 15) is 24.0 Å². The Morgan fingerprint density at radius 2 is 1.95 bits per heavy atom. The maximum atomic E-state index is 14.1. The van der Waals surface area contributed by atoms with Crippen molar-refractivity contribution in [2.75, 3.05) is 42.3 Å². The highest BCUT2D eigenvalue weighted by Gasteiger charge is 2.17. The summed E-state index contributed by atoms with van der Waals surface area (Å²) in [6.45, 7) is 1.92. The molecule has 0 bridgehead atoms. The van der Waals surface area contributed by atoms with Crippen LogP contribution < -0.4 is 35.2 Å². The Bertz CT molecular complexity index is 1650. The second kappa shape index (κ2) is 13.1. The minimum absolute atomic E-state index is 0.0393. The van der Waals surface area contributed by atoms with E-state index in [1.54, 1.807) is 63.5 Å². The average molecular weight is 547 g/mol. The number of carbonyl (C=O) groups excluding carboxylic acids is 2. The molecule has 11 heteroatoms. The molecule has 0 aliphatic carbocycles. The summed E-state index contributed by atoms with van der Waals surface area (Å²) >= 11 is 1.01. The second-order valence-electron chi connectivity index (χ2n) is 8.29. The fourth-order valence-corrected chi connectivity index (χ4v) is 4.75. The number of likely N-dealkylation sites (N-methyl/N-ethyl adjacent to an activating group) is 2. The fraction of sp³-hybridized carbons (Fsp3) is 0.214. The molecule has 200 valence electrons. The van der Waals surface area contributed by atoms with Gasteiger partial charge in [-0.3, -0.25) is 19.0 Å². The van der Waals surface area contributed by atoms with Crippen LogP contribution in [0.2, 0.25) is 0 Å². The highest BCUT2D eigenvalue weighted by Crippen LogP contribution is 2.20. The van der Waals surface area contributed by atoms with E-state index >= 15 is 0 Å². The van der Waals surface area contributed by atoms with Crippen molar-refractivity contribution in [3.8, 4) is 18.4 Å². The van der Waals surface area contributed by atoms with Gasteiger partial charge in [0.1, 0.15) is 21.1 Å². The average Bonchev–Trinajstić information content (AvgIpc) is 3.25. The van der Waals surface area contributed by atoms with Gasteiger partial charge in [0.05, 0.1) is 18.8 Å². The predicted octanol–water partition coefficient (Wildman–Crippen LogP) is 1.44. The van der Waals surface area contributed by atoms with Gasteiger partial charge in [0, 0.05) is 38.2 Å². The second-order valence-corrected chi connectivity index (χ2v) is 9.32. The molecule has 0 fully saturated rings. The van der Waals surface area contributed by atoms with Crippen molar-refractivity contribution in [2.24, 2.45) is 0 Å². The Hall–Kier alpha value is -4.87. The summed E-state index contributed by atoms with van der Waals surface area (Å²) in [5.41, 5.74) is 0.952. The largest absolute Gasteiger partial charge is 0.363 e. The van der Waals surface area contributed by atoms with Crippen LogP contribution >= 0.6 is 11.3 Å². The monoisotopic (exact) mass is 546 g/mol. The van der Waals surface area contributed by atoms with Crippen LogP contribution in [-0.2, 0) is 16.1 Å². The molecule has 0 atom stereocenters. The van der Waals surface area contributed by atoms with E-state index in [1.807, 2.05) is 6.07 Å². The van der Waals surface area contributed by atoms with Crippen molar-refractivity contribution in [2.45, 2.75) is 13.5 Å². The van der Waals surface area contributed by atoms with Crippen molar-refractivity contribution in [1.82, 2.24) is 9.88 Å². The molecule has 0 saturated carbocycles. The first-order valence-electron chi connectivity index (χ1n) is 11.9. The zero-order valence-electron chi connectivity index (χ0n) is 21.7. The number of amides is 2. The quantitative estimate of drug-likeness (QED) is 0.393. The Balaban J connectivity index is 1.85. The van der Waals surface area contributed by atoms with Crippen LogP contribution in [-0.4, -0.2) is 43.6 Å². The Morgan fingerprint density at radius 3 is 2.62 bits per heavy atom. The molecule has 1 heterocycles. The first kappa shape index (κ1) is 28.7. The number of terminal acetylenes is 1. The molecule has 2 N–H and O–H groups in total. The zero-order chi connectivity index (χ0) is 28.5. The number of nitrogens with one attached hydrogen (secondary N) is 2. The number of rotatable bonds is 9. The third kappa shape index (κ3) is 6.72. The van der Waals surface area contributed by atoms with Crippen LogP contribution in [0.5, 0.6) is 0 Å². The van der Waals surface area contributed by atoms with Gasteiger partial charge in [-0.1, -0.05) is 24.1 Å². The number of thiazole rings is 1. The molecule has 0 unspecified atom stereocenters. The lowest BCUT2D eigenvalue weighted by atomic mass is 10.2. The number of hydrogen-bond acceptors (Lipinski definition) is 7. The normalized spacial score (nSPS) is 11.7. The van der Waals surface area contributed by atoms with Crippen molar-refractivity contribution in [3.63, 3.8) is 0 Å². The molecule has 39 heavy (non-hydrogen) atoms. The highest BCUT2D eigenvalue weighted by atomic mass is 32.1. The maximum Gasteiger partial charge on any atom is 0.270 e. The van der Waals surface area contributed by atoms with Crippen molar-refractivity contribution >= 4 is 52.0 Å². The number of nitrogens with zero attached hydrogens (tertiary/aromatic N) is 4. The number of hydrogen-bond donors (Lipinski definition) is 2. The van der Waals surface area contributed by atoms with E-state index in [-0.39, 0.29) is 45.9 Å². The summed E-state index contributed by atoms with van der Waals surface area (Å²) in [7, 11) is 3.26. The number of carbonyl (C=O) groups is 2. The van der Waals surface area contributed by atoms with E-state index in [0.717, 1.165) is 11.3 Å². The van der Waals surface area contributed by atoms with Gasteiger partial charge in [-0.05, 0) is 37.3 Å². The van der Waals surface area contributed by atoms with Crippen molar-refractivity contribution < 1.29 is 14.0 Å². The van der Waals surface area contributed by atoms with E-state index in [1.165, 1.54) is 26.6 Å². The lowest BCUT2D eigenvalue weighted by molar-refractivity contribution is -0.117. The molecule has 3 rings (SSSR count). The van der Waals surface area contributed by atoms with Gasteiger partial charge >= 0.3 is 0 Å². The first-order chi connectivity index (χ1) is 18.7. The van der Waals surface area contributed by atoms with Crippen LogP contribution in [0.3, 0.4) is 0 Å².